The molecule has 3 nitrogen and oxygen atoms in total. The average Bonchev–Trinajstić information content (AvgIpc) is 2.90. The number of fused-ring (bicyclic) bond motifs is 1. The van der Waals surface area contributed by atoms with E-state index in [1.165, 1.54) is 0 Å². The summed E-state index contributed by atoms with van der Waals surface area (Å²) in [6, 6.07) is 1.16. The van der Waals surface area contributed by atoms with Crippen LogP contribution in [0.1, 0.15) is 49.7 Å². The number of nitrogens with zero attached hydrogens (tertiary/aromatic N) is 3. The van der Waals surface area contributed by atoms with Crippen molar-refractivity contribution in [2.45, 2.75) is 46.5 Å². The first-order valence-electron chi connectivity index (χ1n) is 8.08. The van der Waals surface area contributed by atoms with Gasteiger partial charge in [0, 0.05) is 5.69 Å². The number of rotatable bonds is 2. The zero-order valence-corrected chi connectivity index (χ0v) is 14.2. The minimum atomic E-state index is -1.70. The Morgan fingerprint density at radius 2 is 1.72 bits per heavy atom. The number of hydrogen-bond donors (Lipinski definition) is 0. The van der Waals surface area contributed by atoms with Crippen LogP contribution in [0.3, 0.4) is 0 Å². The molecule has 2 aromatic rings. The molecule has 1 aromatic carbocycles. The monoisotopic (exact) mass is 351 g/mol. The number of halogens is 4. The number of benzene rings is 1. The van der Waals surface area contributed by atoms with E-state index >= 15 is 0 Å². The fraction of sp³-hybridized carbons (Fsp3) is 0.444. The first-order valence-corrected chi connectivity index (χ1v) is 8.08. The second-order valence-corrected chi connectivity index (χ2v) is 7.07. The fourth-order valence-corrected chi connectivity index (χ4v) is 3.38. The van der Waals surface area contributed by atoms with Crippen LogP contribution in [-0.2, 0) is 19.3 Å². The Labute approximate surface area is 142 Å². The van der Waals surface area contributed by atoms with Crippen LogP contribution in [-0.4, -0.2) is 9.78 Å². The lowest BCUT2D eigenvalue weighted by molar-refractivity contribution is 0.307. The Kier molecular flexibility index (Phi) is 4.10. The molecule has 0 saturated carbocycles. The van der Waals surface area contributed by atoms with E-state index in [2.05, 4.69) is 5.10 Å². The Bertz CT molecular complexity index is 877. The van der Waals surface area contributed by atoms with Gasteiger partial charge in [-0.05, 0) is 36.7 Å². The maximum Gasteiger partial charge on any atom is 0.189 e. The van der Waals surface area contributed by atoms with Gasteiger partial charge in [-0.25, -0.2) is 22.2 Å². The van der Waals surface area contributed by atoms with Crippen LogP contribution >= 0.6 is 0 Å². The molecule has 0 N–H and O–H groups in total. The van der Waals surface area contributed by atoms with Crippen molar-refractivity contribution in [2.24, 2.45) is 5.41 Å². The first-order chi connectivity index (χ1) is 11.7. The molecule has 1 heterocycles. The lowest BCUT2D eigenvalue weighted by Crippen LogP contribution is -2.24. The number of hydrogen-bond acceptors (Lipinski definition) is 2. The number of aromatic nitrogens is 2. The molecule has 0 unspecified atom stereocenters. The molecular formula is C18H17F4N3. The summed E-state index contributed by atoms with van der Waals surface area (Å²) in [6.07, 6.45) is 2.60. The predicted octanol–water partition coefficient (Wildman–Crippen LogP) is 4.38. The summed E-state index contributed by atoms with van der Waals surface area (Å²) in [4.78, 5) is 0. The predicted molar refractivity (Wildman–Crippen MR) is 83.3 cm³/mol. The van der Waals surface area contributed by atoms with Crippen LogP contribution in [0.25, 0.3) is 5.69 Å². The Hall–Kier alpha value is -2.36. The van der Waals surface area contributed by atoms with E-state index < -0.39 is 34.5 Å². The second kappa shape index (κ2) is 5.87. The lowest BCUT2D eigenvalue weighted by atomic mass is 9.76. The first kappa shape index (κ1) is 17.5. The molecule has 0 fully saturated rings. The van der Waals surface area contributed by atoms with Crippen molar-refractivity contribution in [1.82, 2.24) is 9.78 Å². The fourth-order valence-electron chi connectivity index (χ4n) is 3.38. The SMILES string of the molecule is CCc1nn(-c2c(F)c(F)c(C#N)c(F)c2F)c2c1CCC(C)(C)C2. The molecule has 0 saturated heterocycles. The van der Waals surface area contributed by atoms with E-state index in [1.807, 2.05) is 20.8 Å². The van der Waals surface area contributed by atoms with Gasteiger partial charge in [0.25, 0.3) is 0 Å². The molecule has 3 rings (SSSR count). The molecule has 0 aliphatic heterocycles. The van der Waals surface area contributed by atoms with Crippen LogP contribution in [0.4, 0.5) is 17.6 Å². The van der Waals surface area contributed by atoms with Gasteiger partial charge in [0.2, 0.25) is 0 Å². The van der Waals surface area contributed by atoms with E-state index in [0.29, 0.717) is 30.7 Å². The molecule has 7 heteroatoms. The summed E-state index contributed by atoms with van der Waals surface area (Å²) in [5.74, 6) is -6.61. The maximum absolute atomic E-state index is 14.5. The number of aryl methyl sites for hydroxylation is 1. The van der Waals surface area contributed by atoms with Crippen LogP contribution in [0.15, 0.2) is 0 Å². The van der Waals surface area contributed by atoms with Crippen LogP contribution in [0.5, 0.6) is 0 Å². The normalized spacial score (nSPS) is 15.8. The summed E-state index contributed by atoms with van der Waals surface area (Å²) in [5.41, 5.74) is -0.181. The summed E-state index contributed by atoms with van der Waals surface area (Å²) in [5, 5.41) is 13.0. The van der Waals surface area contributed by atoms with Gasteiger partial charge in [0.05, 0.1) is 5.69 Å². The van der Waals surface area contributed by atoms with Gasteiger partial charge >= 0.3 is 0 Å². The third-order valence-electron chi connectivity index (χ3n) is 4.77. The molecule has 0 bridgehead atoms. The van der Waals surface area contributed by atoms with Gasteiger partial charge in [0.15, 0.2) is 23.3 Å². The minimum Gasteiger partial charge on any atom is -0.231 e. The zero-order chi connectivity index (χ0) is 18.5. The summed E-state index contributed by atoms with van der Waals surface area (Å²) < 4.78 is 57.9. The molecule has 0 atom stereocenters. The maximum atomic E-state index is 14.5. The quantitative estimate of drug-likeness (QED) is 0.595. The van der Waals surface area contributed by atoms with E-state index in [4.69, 9.17) is 5.26 Å². The highest BCUT2D eigenvalue weighted by Gasteiger charge is 2.34. The van der Waals surface area contributed by atoms with Gasteiger partial charge < -0.3 is 0 Å². The van der Waals surface area contributed by atoms with Crippen molar-refractivity contribution >= 4 is 0 Å². The van der Waals surface area contributed by atoms with Crippen molar-refractivity contribution in [3.63, 3.8) is 0 Å². The van der Waals surface area contributed by atoms with Crippen molar-refractivity contribution in [2.75, 3.05) is 0 Å². The largest absolute Gasteiger partial charge is 0.231 e. The van der Waals surface area contributed by atoms with Crippen molar-refractivity contribution in [1.29, 1.82) is 5.26 Å². The highest BCUT2D eigenvalue weighted by atomic mass is 19.2. The molecule has 0 radical (unpaired) electrons. The molecule has 1 aromatic heterocycles. The van der Waals surface area contributed by atoms with E-state index in [-0.39, 0.29) is 5.41 Å². The van der Waals surface area contributed by atoms with Crippen molar-refractivity contribution in [3.8, 4) is 11.8 Å². The van der Waals surface area contributed by atoms with E-state index in [0.717, 1.165) is 22.7 Å². The van der Waals surface area contributed by atoms with E-state index in [9.17, 15) is 17.6 Å². The van der Waals surface area contributed by atoms with E-state index in [1.54, 1.807) is 0 Å². The Morgan fingerprint density at radius 3 is 2.24 bits per heavy atom. The van der Waals surface area contributed by atoms with Gasteiger partial charge in [-0.15, -0.1) is 0 Å². The van der Waals surface area contributed by atoms with Gasteiger partial charge in [-0.1, -0.05) is 20.8 Å². The standard InChI is InChI=1S/C18H17F4N3/c1-4-11-9-5-6-18(2,3)7-12(9)25(24-11)17-15(21)13(19)10(8-23)14(20)16(17)22/h4-7H2,1-3H3. The van der Waals surface area contributed by atoms with Crippen LogP contribution < -0.4 is 0 Å². The number of nitriles is 1. The minimum absolute atomic E-state index is 0.119. The third kappa shape index (κ3) is 2.60. The Morgan fingerprint density at radius 1 is 1.12 bits per heavy atom. The molecule has 25 heavy (non-hydrogen) atoms. The highest BCUT2D eigenvalue weighted by Crippen LogP contribution is 2.38. The van der Waals surface area contributed by atoms with Crippen molar-refractivity contribution < 1.29 is 17.6 Å². The highest BCUT2D eigenvalue weighted by molar-refractivity contribution is 5.47. The summed E-state index contributed by atoms with van der Waals surface area (Å²) >= 11 is 0. The smallest absolute Gasteiger partial charge is 0.189 e. The summed E-state index contributed by atoms with van der Waals surface area (Å²) in [6.45, 7) is 5.90. The molecule has 132 valence electrons. The van der Waals surface area contributed by atoms with Gasteiger partial charge in [-0.2, -0.15) is 10.4 Å². The molecule has 1 aliphatic carbocycles. The van der Waals surface area contributed by atoms with Gasteiger partial charge in [0.1, 0.15) is 17.3 Å². The second-order valence-electron chi connectivity index (χ2n) is 7.07. The summed E-state index contributed by atoms with van der Waals surface area (Å²) in [7, 11) is 0. The van der Waals surface area contributed by atoms with Crippen molar-refractivity contribution in [3.05, 3.63) is 45.8 Å². The molecule has 0 amide bonds. The average molecular weight is 351 g/mol. The molecular weight excluding hydrogens is 334 g/mol. The van der Waals surface area contributed by atoms with Crippen LogP contribution in [0.2, 0.25) is 0 Å². The van der Waals surface area contributed by atoms with Gasteiger partial charge in [-0.3, -0.25) is 0 Å². The topological polar surface area (TPSA) is 41.6 Å². The molecule has 0 spiro atoms. The van der Waals surface area contributed by atoms with Crippen LogP contribution in [0, 0.1) is 40.0 Å². The molecule has 1 aliphatic rings. The Balaban J connectivity index is 2.33. The lowest BCUT2D eigenvalue weighted by Gasteiger charge is -2.30. The zero-order valence-electron chi connectivity index (χ0n) is 14.2. The third-order valence-corrected chi connectivity index (χ3v) is 4.77.